The van der Waals surface area contributed by atoms with E-state index in [9.17, 15) is 0 Å². The highest BCUT2D eigenvalue weighted by Gasteiger charge is 2.28. The van der Waals surface area contributed by atoms with Crippen LogP contribution in [0.25, 0.3) is 0 Å². The Balaban J connectivity index is 2.06. The SMILES string of the molecule is CC1CN(C)C(C)CC1Nc1cnccc1Cl. The first-order valence-corrected chi connectivity index (χ1v) is 6.52. The van der Waals surface area contributed by atoms with Gasteiger partial charge in [-0.05, 0) is 32.4 Å². The largest absolute Gasteiger partial charge is 0.379 e. The molecule has 1 aliphatic heterocycles. The summed E-state index contributed by atoms with van der Waals surface area (Å²) in [6.07, 6.45) is 4.66. The van der Waals surface area contributed by atoms with Crippen molar-refractivity contribution in [2.75, 3.05) is 18.9 Å². The van der Waals surface area contributed by atoms with Crippen molar-refractivity contribution in [3.8, 4) is 0 Å². The zero-order valence-corrected chi connectivity index (χ0v) is 11.4. The lowest BCUT2D eigenvalue weighted by atomic mass is 9.90. The predicted octanol–water partition coefficient (Wildman–Crippen LogP) is 2.88. The minimum absolute atomic E-state index is 0.475. The van der Waals surface area contributed by atoms with E-state index in [1.54, 1.807) is 12.4 Å². The summed E-state index contributed by atoms with van der Waals surface area (Å²) in [6.45, 7) is 5.67. The van der Waals surface area contributed by atoms with Crippen molar-refractivity contribution in [2.24, 2.45) is 5.92 Å². The average molecular weight is 254 g/mol. The van der Waals surface area contributed by atoms with Crippen molar-refractivity contribution in [1.82, 2.24) is 9.88 Å². The molecule has 0 saturated carbocycles. The van der Waals surface area contributed by atoms with E-state index in [2.05, 4.69) is 36.1 Å². The first kappa shape index (κ1) is 12.7. The van der Waals surface area contributed by atoms with Crippen molar-refractivity contribution in [3.63, 3.8) is 0 Å². The highest BCUT2D eigenvalue weighted by Crippen LogP contribution is 2.27. The topological polar surface area (TPSA) is 28.2 Å². The van der Waals surface area contributed by atoms with Crippen LogP contribution in [-0.2, 0) is 0 Å². The molecule has 1 aromatic heterocycles. The van der Waals surface area contributed by atoms with Gasteiger partial charge in [0.05, 0.1) is 16.9 Å². The molecule has 1 N–H and O–H groups in total. The standard InChI is InChI=1S/C13H20ClN3/c1-9-8-17(3)10(2)6-12(9)16-13-7-15-5-4-11(13)14/h4-5,7,9-10,12,16H,6,8H2,1-3H3. The second-order valence-electron chi connectivity index (χ2n) is 5.11. The van der Waals surface area contributed by atoms with Gasteiger partial charge >= 0.3 is 0 Å². The highest BCUT2D eigenvalue weighted by atomic mass is 35.5. The third-order valence-corrected chi connectivity index (χ3v) is 4.05. The molecule has 0 aromatic carbocycles. The monoisotopic (exact) mass is 253 g/mol. The Kier molecular flexibility index (Phi) is 3.89. The minimum Gasteiger partial charge on any atom is -0.379 e. The number of aromatic nitrogens is 1. The Hall–Kier alpha value is -0.800. The zero-order chi connectivity index (χ0) is 12.4. The smallest absolute Gasteiger partial charge is 0.0718 e. The quantitative estimate of drug-likeness (QED) is 0.879. The highest BCUT2D eigenvalue weighted by molar-refractivity contribution is 6.33. The summed E-state index contributed by atoms with van der Waals surface area (Å²) in [6, 6.07) is 2.91. The van der Waals surface area contributed by atoms with Crippen LogP contribution in [-0.4, -0.2) is 35.6 Å². The minimum atomic E-state index is 0.475. The molecule has 0 aliphatic carbocycles. The lowest BCUT2D eigenvalue weighted by Gasteiger charge is -2.40. The van der Waals surface area contributed by atoms with Crippen LogP contribution in [0.4, 0.5) is 5.69 Å². The van der Waals surface area contributed by atoms with Crippen molar-refractivity contribution < 1.29 is 0 Å². The van der Waals surface area contributed by atoms with Gasteiger partial charge in [-0.2, -0.15) is 0 Å². The third-order valence-electron chi connectivity index (χ3n) is 3.72. The van der Waals surface area contributed by atoms with Crippen LogP contribution < -0.4 is 5.32 Å². The number of hydrogen-bond donors (Lipinski definition) is 1. The molecule has 1 fully saturated rings. The second-order valence-corrected chi connectivity index (χ2v) is 5.52. The van der Waals surface area contributed by atoms with Crippen LogP contribution >= 0.6 is 11.6 Å². The number of anilines is 1. The van der Waals surface area contributed by atoms with Crippen molar-refractivity contribution in [1.29, 1.82) is 0 Å². The molecular weight excluding hydrogens is 234 g/mol. The summed E-state index contributed by atoms with van der Waals surface area (Å²) in [7, 11) is 2.19. The molecule has 0 spiro atoms. The number of halogens is 1. The number of nitrogens with zero attached hydrogens (tertiary/aromatic N) is 2. The third kappa shape index (κ3) is 2.90. The van der Waals surface area contributed by atoms with E-state index in [0.717, 1.165) is 23.7 Å². The summed E-state index contributed by atoms with van der Waals surface area (Å²) < 4.78 is 0. The summed E-state index contributed by atoms with van der Waals surface area (Å²) in [4.78, 5) is 6.52. The summed E-state index contributed by atoms with van der Waals surface area (Å²) >= 11 is 6.14. The fraction of sp³-hybridized carbons (Fsp3) is 0.615. The fourth-order valence-corrected chi connectivity index (χ4v) is 2.59. The van der Waals surface area contributed by atoms with Gasteiger partial charge in [0.2, 0.25) is 0 Å². The van der Waals surface area contributed by atoms with E-state index < -0.39 is 0 Å². The van der Waals surface area contributed by atoms with Gasteiger partial charge in [0, 0.05) is 24.8 Å². The van der Waals surface area contributed by atoms with Crippen molar-refractivity contribution in [3.05, 3.63) is 23.5 Å². The van der Waals surface area contributed by atoms with Gasteiger partial charge in [-0.1, -0.05) is 18.5 Å². The summed E-state index contributed by atoms with van der Waals surface area (Å²) in [5, 5.41) is 4.28. The van der Waals surface area contributed by atoms with Crippen molar-refractivity contribution >= 4 is 17.3 Å². The van der Waals surface area contributed by atoms with Crippen molar-refractivity contribution in [2.45, 2.75) is 32.4 Å². The number of nitrogens with one attached hydrogen (secondary N) is 1. The van der Waals surface area contributed by atoms with Gasteiger partial charge < -0.3 is 10.2 Å². The number of pyridine rings is 1. The molecule has 1 saturated heterocycles. The molecule has 1 aliphatic rings. The lowest BCUT2D eigenvalue weighted by Crippen LogP contribution is -2.48. The second kappa shape index (κ2) is 5.23. The number of likely N-dealkylation sites (tertiary alicyclic amines) is 1. The van der Waals surface area contributed by atoms with E-state index in [1.165, 1.54) is 0 Å². The first-order valence-electron chi connectivity index (χ1n) is 6.14. The maximum atomic E-state index is 6.14. The van der Waals surface area contributed by atoms with E-state index in [0.29, 0.717) is 18.0 Å². The van der Waals surface area contributed by atoms with Gasteiger partial charge in [0.25, 0.3) is 0 Å². The molecule has 2 heterocycles. The molecule has 4 heteroatoms. The van der Waals surface area contributed by atoms with E-state index in [1.807, 2.05) is 6.07 Å². The Morgan fingerprint density at radius 3 is 2.94 bits per heavy atom. The maximum Gasteiger partial charge on any atom is 0.0718 e. The number of hydrogen-bond acceptors (Lipinski definition) is 3. The molecule has 17 heavy (non-hydrogen) atoms. The van der Waals surface area contributed by atoms with Crippen LogP contribution in [0.2, 0.25) is 5.02 Å². The fourth-order valence-electron chi connectivity index (χ4n) is 2.43. The molecule has 0 bridgehead atoms. The molecule has 1 aromatic rings. The molecule has 0 amide bonds. The van der Waals surface area contributed by atoms with Gasteiger partial charge in [0.15, 0.2) is 0 Å². The molecular formula is C13H20ClN3. The average Bonchev–Trinajstić information content (AvgIpc) is 2.29. The molecule has 0 radical (unpaired) electrons. The van der Waals surface area contributed by atoms with E-state index >= 15 is 0 Å². The first-order chi connectivity index (χ1) is 8.08. The van der Waals surface area contributed by atoms with Gasteiger partial charge in [-0.25, -0.2) is 0 Å². The number of piperidine rings is 1. The molecule has 3 atom stereocenters. The van der Waals surface area contributed by atoms with Gasteiger partial charge in [0.1, 0.15) is 0 Å². The van der Waals surface area contributed by atoms with E-state index in [4.69, 9.17) is 11.6 Å². The molecule has 2 rings (SSSR count). The molecule has 94 valence electrons. The Morgan fingerprint density at radius 1 is 1.47 bits per heavy atom. The van der Waals surface area contributed by atoms with Crippen LogP contribution in [0.3, 0.4) is 0 Å². The zero-order valence-electron chi connectivity index (χ0n) is 10.7. The predicted molar refractivity (Wildman–Crippen MR) is 72.5 cm³/mol. The Bertz CT molecular complexity index is 383. The van der Waals surface area contributed by atoms with Crippen LogP contribution in [0.1, 0.15) is 20.3 Å². The van der Waals surface area contributed by atoms with Gasteiger partial charge in [-0.3, -0.25) is 4.98 Å². The van der Waals surface area contributed by atoms with Crippen LogP contribution in [0.5, 0.6) is 0 Å². The normalized spacial score (nSPS) is 30.2. The summed E-state index contributed by atoms with van der Waals surface area (Å²) in [5.41, 5.74) is 0.947. The number of rotatable bonds is 2. The van der Waals surface area contributed by atoms with Crippen LogP contribution in [0, 0.1) is 5.92 Å². The van der Waals surface area contributed by atoms with Crippen LogP contribution in [0.15, 0.2) is 18.5 Å². The molecule has 3 nitrogen and oxygen atoms in total. The lowest BCUT2D eigenvalue weighted by molar-refractivity contribution is 0.145. The van der Waals surface area contributed by atoms with Gasteiger partial charge in [-0.15, -0.1) is 0 Å². The summed E-state index contributed by atoms with van der Waals surface area (Å²) in [5.74, 6) is 0.618. The Morgan fingerprint density at radius 2 is 2.24 bits per heavy atom. The Labute approximate surface area is 108 Å². The van der Waals surface area contributed by atoms with E-state index in [-0.39, 0.29) is 0 Å². The molecule has 3 unspecified atom stereocenters. The maximum absolute atomic E-state index is 6.14.